The fourth-order valence-corrected chi connectivity index (χ4v) is 1.44. The Morgan fingerprint density at radius 2 is 2.07 bits per heavy atom. The monoisotopic (exact) mass is 194 g/mol. The van der Waals surface area contributed by atoms with Gasteiger partial charge in [0.25, 0.3) is 0 Å². The Balaban J connectivity index is 2.59. The predicted octanol–water partition coefficient (Wildman–Crippen LogP) is 1.94. The van der Waals surface area contributed by atoms with E-state index >= 15 is 0 Å². The van der Waals surface area contributed by atoms with Crippen molar-refractivity contribution in [2.45, 2.75) is 46.1 Å². The third kappa shape index (κ3) is 2.73. The van der Waals surface area contributed by atoms with E-state index in [-0.39, 0.29) is 11.3 Å². The quantitative estimate of drug-likeness (QED) is 0.689. The van der Waals surface area contributed by atoms with Crippen molar-refractivity contribution in [3.05, 3.63) is 0 Å². The largest absolute Gasteiger partial charge is 0.338 e. The van der Waals surface area contributed by atoms with Crippen LogP contribution in [0.2, 0.25) is 0 Å². The van der Waals surface area contributed by atoms with E-state index in [0.717, 1.165) is 12.8 Å². The highest BCUT2D eigenvalue weighted by Gasteiger charge is 2.36. The van der Waals surface area contributed by atoms with Crippen LogP contribution in [0.4, 0.5) is 0 Å². The fraction of sp³-hybridized carbons (Fsp3) is 0.818. The van der Waals surface area contributed by atoms with Crippen molar-refractivity contribution in [3.8, 4) is 6.07 Å². The molecule has 1 fully saturated rings. The van der Waals surface area contributed by atoms with Crippen LogP contribution in [0.25, 0.3) is 0 Å². The molecule has 1 aliphatic carbocycles. The van der Waals surface area contributed by atoms with E-state index in [4.69, 9.17) is 5.26 Å². The smallest absolute Gasteiger partial charge is 0.228 e. The molecular weight excluding hydrogens is 176 g/mol. The molecule has 14 heavy (non-hydrogen) atoms. The Morgan fingerprint density at radius 1 is 1.50 bits per heavy atom. The third-order valence-electron chi connectivity index (χ3n) is 2.35. The van der Waals surface area contributed by atoms with Crippen LogP contribution in [0.3, 0.4) is 0 Å². The molecule has 0 aromatic rings. The van der Waals surface area contributed by atoms with Gasteiger partial charge in [-0.25, -0.2) is 0 Å². The van der Waals surface area contributed by atoms with Gasteiger partial charge >= 0.3 is 0 Å². The van der Waals surface area contributed by atoms with Crippen molar-refractivity contribution in [1.82, 2.24) is 4.90 Å². The SMILES string of the molecule is CC(C)(C)C(=O)N(CCC#N)C1CC1. The van der Waals surface area contributed by atoms with E-state index in [1.54, 1.807) is 0 Å². The molecule has 0 aromatic carbocycles. The molecule has 1 aliphatic rings. The van der Waals surface area contributed by atoms with Crippen LogP contribution in [0.1, 0.15) is 40.0 Å². The molecule has 3 nitrogen and oxygen atoms in total. The summed E-state index contributed by atoms with van der Waals surface area (Å²) in [6.07, 6.45) is 2.65. The molecule has 0 atom stereocenters. The number of hydrogen-bond acceptors (Lipinski definition) is 2. The van der Waals surface area contributed by atoms with E-state index in [0.29, 0.717) is 19.0 Å². The second-order valence-electron chi connectivity index (χ2n) is 4.89. The van der Waals surface area contributed by atoms with Gasteiger partial charge < -0.3 is 4.90 Å². The molecule has 1 saturated carbocycles. The van der Waals surface area contributed by atoms with E-state index in [1.165, 1.54) is 0 Å². The molecular formula is C11H18N2O. The number of nitriles is 1. The van der Waals surface area contributed by atoms with Crippen molar-refractivity contribution < 1.29 is 4.79 Å². The zero-order chi connectivity index (χ0) is 10.8. The van der Waals surface area contributed by atoms with Gasteiger partial charge in [-0.1, -0.05) is 20.8 Å². The third-order valence-corrected chi connectivity index (χ3v) is 2.35. The lowest BCUT2D eigenvalue weighted by atomic mass is 9.94. The summed E-state index contributed by atoms with van der Waals surface area (Å²) in [6, 6.07) is 2.51. The maximum atomic E-state index is 12.0. The minimum Gasteiger partial charge on any atom is -0.338 e. The van der Waals surface area contributed by atoms with Gasteiger partial charge in [-0.05, 0) is 12.8 Å². The van der Waals surface area contributed by atoms with Crippen LogP contribution in [0.15, 0.2) is 0 Å². The van der Waals surface area contributed by atoms with Crippen LogP contribution in [-0.4, -0.2) is 23.4 Å². The maximum Gasteiger partial charge on any atom is 0.228 e. The average molecular weight is 194 g/mol. The molecule has 3 heteroatoms. The zero-order valence-corrected chi connectivity index (χ0v) is 9.21. The Morgan fingerprint density at radius 3 is 2.43 bits per heavy atom. The summed E-state index contributed by atoms with van der Waals surface area (Å²) in [5, 5.41) is 8.51. The molecule has 0 bridgehead atoms. The number of nitrogens with zero attached hydrogens (tertiary/aromatic N) is 2. The van der Waals surface area contributed by atoms with Gasteiger partial charge in [0, 0.05) is 18.0 Å². The summed E-state index contributed by atoms with van der Waals surface area (Å²) < 4.78 is 0. The van der Waals surface area contributed by atoms with E-state index in [1.807, 2.05) is 25.7 Å². The predicted molar refractivity (Wildman–Crippen MR) is 54.4 cm³/mol. The zero-order valence-electron chi connectivity index (χ0n) is 9.21. The van der Waals surface area contributed by atoms with Crippen LogP contribution in [0, 0.1) is 16.7 Å². The first kappa shape index (κ1) is 11.0. The topological polar surface area (TPSA) is 44.1 Å². The van der Waals surface area contributed by atoms with Crippen molar-refractivity contribution in [2.24, 2.45) is 5.41 Å². The minimum atomic E-state index is -0.321. The van der Waals surface area contributed by atoms with Crippen LogP contribution >= 0.6 is 0 Å². The molecule has 0 spiro atoms. The van der Waals surface area contributed by atoms with Gasteiger partial charge in [-0.3, -0.25) is 4.79 Å². The summed E-state index contributed by atoms with van der Waals surface area (Å²) in [4.78, 5) is 13.8. The van der Waals surface area contributed by atoms with Crippen molar-refractivity contribution in [1.29, 1.82) is 5.26 Å². The average Bonchev–Trinajstić information content (AvgIpc) is 2.86. The van der Waals surface area contributed by atoms with Crippen molar-refractivity contribution >= 4 is 5.91 Å². The number of hydrogen-bond donors (Lipinski definition) is 0. The first-order valence-electron chi connectivity index (χ1n) is 5.15. The number of carbonyl (C=O) groups excluding carboxylic acids is 1. The van der Waals surface area contributed by atoms with Gasteiger partial charge in [-0.2, -0.15) is 5.26 Å². The fourth-order valence-electron chi connectivity index (χ4n) is 1.44. The molecule has 0 unspecified atom stereocenters. The molecule has 1 amide bonds. The highest BCUT2D eigenvalue weighted by Crippen LogP contribution is 2.30. The lowest BCUT2D eigenvalue weighted by Gasteiger charge is -2.28. The molecule has 0 aliphatic heterocycles. The van der Waals surface area contributed by atoms with Crippen molar-refractivity contribution in [2.75, 3.05) is 6.54 Å². The van der Waals surface area contributed by atoms with Crippen LogP contribution < -0.4 is 0 Å². The molecule has 0 radical (unpaired) electrons. The Labute approximate surface area is 85.7 Å². The highest BCUT2D eigenvalue weighted by molar-refractivity contribution is 5.82. The number of amides is 1. The van der Waals surface area contributed by atoms with E-state index in [9.17, 15) is 4.79 Å². The lowest BCUT2D eigenvalue weighted by Crippen LogP contribution is -2.41. The minimum absolute atomic E-state index is 0.176. The molecule has 0 heterocycles. The number of carbonyl (C=O) groups is 1. The standard InChI is InChI=1S/C11H18N2O/c1-11(2,3)10(14)13(8-4-7-12)9-5-6-9/h9H,4-6,8H2,1-3H3. The summed E-state index contributed by atoms with van der Waals surface area (Å²) in [7, 11) is 0. The normalized spacial score (nSPS) is 16.1. The summed E-state index contributed by atoms with van der Waals surface area (Å²) in [6.45, 7) is 6.38. The van der Waals surface area contributed by atoms with Crippen LogP contribution in [0.5, 0.6) is 0 Å². The van der Waals surface area contributed by atoms with E-state index in [2.05, 4.69) is 6.07 Å². The molecule has 78 valence electrons. The maximum absolute atomic E-state index is 12.0. The summed E-state index contributed by atoms with van der Waals surface area (Å²) >= 11 is 0. The van der Waals surface area contributed by atoms with Crippen LogP contribution in [-0.2, 0) is 4.79 Å². The lowest BCUT2D eigenvalue weighted by molar-refractivity contribution is -0.140. The Bertz CT molecular complexity index is 255. The second kappa shape index (κ2) is 4.00. The Kier molecular flexibility index (Phi) is 3.15. The first-order valence-corrected chi connectivity index (χ1v) is 5.15. The number of rotatable bonds is 3. The van der Waals surface area contributed by atoms with Gasteiger partial charge in [0.2, 0.25) is 5.91 Å². The second-order valence-corrected chi connectivity index (χ2v) is 4.89. The van der Waals surface area contributed by atoms with E-state index < -0.39 is 0 Å². The van der Waals surface area contributed by atoms with Crippen molar-refractivity contribution in [3.63, 3.8) is 0 Å². The molecule has 0 saturated heterocycles. The van der Waals surface area contributed by atoms with Gasteiger partial charge in [0.1, 0.15) is 0 Å². The summed E-state index contributed by atoms with van der Waals surface area (Å²) in [5.74, 6) is 0.176. The molecule has 0 aromatic heterocycles. The van der Waals surface area contributed by atoms with Gasteiger partial charge in [0.15, 0.2) is 0 Å². The van der Waals surface area contributed by atoms with Gasteiger partial charge in [-0.15, -0.1) is 0 Å². The summed E-state index contributed by atoms with van der Waals surface area (Å²) in [5.41, 5.74) is -0.321. The highest BCUT2D eigenvalue weighted by atomic mass is 16.2. The first-order chi connectivity index (χ1) is 6.46. The Hall–Kier alpha value is -1.04. The molecule has 1 rings (SSSR count). The van der Waals surface area contributed by atoms with Gasteiger partial charge in [0.05, 0.1) is 12.5 Å². The molecule has 0 N–H and O–H groups in total.